The summed E-state index contributed by atoms with van der Waals surface area (Å²) in [6.07, 6.45) is 1.22. The molecule has 0 radical (unpaired) electrons. The van der Waals surface area contributed by atoms with Crippen molar-refractivity contribution in [2.45, 2.75) is 12.8 Å². The van der Waals surface area contributed by atoms with Crippen LogP contribution >= 0.6 is 0 Å². The van der Waals surface area contributed by atoms with E-state index in [2.05, 4.69) is 10.1 Å². The molecule has 0 bridgehead atoms. The number of nitrogens with zero attached hydrogens (tertiary/aromatic N) is 2. The van der Waals surface area contributed by atoms with Crippen molar-refractivity contribution in [3.63, 3.8) is 0 Å². The van der Waals surface area contributed by atoms with Crippen molar-refractivity contribution in [2.75, 3.05) is 6.61 Å². The molecule has 2 aromatic carbocycles. The Morgan fingerprint density at radius 2 is 1.82 bits per heavy atom. The van der Waals surface area contributed by atoms with Crippen molar-refractivity contribution in [1.29, 1.82) is 0 Å². The molecule has 0 saturated carbocycles. The lowest BCUT2D eigenvalue weighted by molar-refractivity contribution is 0.286. The zero-order chi connectivity index (χ0) is 15.2. The first-order chi connectivity index (χ1) is 10.8. The number of hydrogen-bond donors (Lipinski definition) is 1. The maximum absolute atomic E-state index is 8.83. The smallest absolute Gasteiger partial charge is 0.258 e. The molecule has 0 aliphatic heterocycles. The fraction of sp³-hybridized carbons (Fsp3) is 0.176. The summed E-state index contributed by atoms with van der Waals surface area (Å²) in [7, 11) is 0. The Hall–Kier alpha value is -2.66. The van der Waals surface area contributed by atoms with Crippen LogP contribution in [0.15, 0.2) is 59.1 Å². The zero-order valence-corrected chi connectivity index (χ0v) is 12.0. The van der Waals surface area contributed by atoms with E-state index < -0.39 is 0 Å². The summed E-state index contributed by atoms with van der Waals surface area (Å²) in [4.78, 5) is 4.32. The Morgan fingerprint density at radius 3 is 2.64 bits per heavy atom. The minimum absolute atomic E-state index is 0.115. The van der Waals surface area contributed by atoms with Crippen LogP contribution in [0.25, 0.3) is 11.5 Å². The number of para-hydroxylation sites is 1. The Kier molecular flexibility index (Phi) is 4.46. The van der Waals surface area contributed by atoms with E-state index in [0.717, 1.165) is 11.3 Å². The van der Waals surface area contributed by atoms with Gasteiger partial charge in [-0.25, -0.2) is 0 Å². The molecule has 0 spiro atoms. The van der Waals surface area contributed by atoms with Gasteiger partial charge in [0.05, 0.1) is 0 Å². The molecule has 1 N–H and O–H groups in total. The van der Waals surface area contributed by atoms with E-state index in [1.807, 2.05) is 54.6 Å². The molecule has 0 amide bonds. The van der Waals surface area contributed by atoms with E-state index in [1.165, 1.54) is 0 Å². The Labute approximate surface area is 128 Å². The number of aliphatic hydroxyl groups is 1. The number of rotatable bonds is 6. The summed E-state index contributed by atoms with van der Waals surface area (Å²) in [5, 5.41) is 12.7. The summed E-state index contributed by atoms with van der Waals surface area (Å²) in [6.45, 7) is 0.115. The molecule has 0 fully saturated rings. The molecule has 22 heavy (non-hydrogen) atoms. The van der Waals surface area contributed by atoms with Gasteiger partial charge in [0, 0.05) is 18.6 Å². The summed E-state index contributed by atoms with van der Waals surface area (Å²) >= 11 is 0. The van der Waals surface area contributed by atoms with Crippen LogP contribution in [0.1, 0.15) is 12.2 Å². The lowest BCUT2D eigenvalue weighted by atomic mass is 10.2. The molecule has 1 aromatic heterocycles. The lowest BCUT2D eigenvalue weighted by Crippen LogP contribution is -1.91. The van der Waals surface area contributed by atoms with Gasteiger partial charge in [-0.05, 0) is 36.8 Å². The van der Waals surface area contributed by atoms with Crippen molar-refractivity contribution in [3.05, 3.63) is 60.4 Å². The standard InChI is InChI=1S/C17H16N2O3/c20-11-5-10-16-18-17(22-19-16)13-6-4-9-15(12-13)21-14-7-2-1-3-8-14/h1-4,6-9,12,20H,5,10-11H2. The summed E-state index contributed by atoms with van der Waals surface area (Å²) in [5.41, 5.74) is 0.802. The fourth-order valence-corrected chi connectivity index (χ4v) is 2.03. The fourth-order valence-electron chi connectivity index (χ4n) is 2.03. The monoisotopic (exact) mass is 296 g/mol. The van der Waals surface area contributed by atoms with Crippen molar-refractivity contribution >= 4 is 0 Å². The lowest BCUT2D eigenvalue weighted by Gasteiger charge is -2.05. The number of aromatic nitrogens is 2. The summed E-state index contributed by atoms with van der Waals surface area (Å²) in [5.74, 6) is 2.53. The number of aliphatic hydroxyl groups excluding tert-OH is 1. The van der Waals surface area contributed by atoms with Crippen molar-refractivity contribution in [1.82, 2.24) is 10.1 Å². The molecule has 3 aromatic rings. The molecule has 0 saturated heterocycles. The first-order valence-corrected chi connectivity index (χ1v) is 7.12. The van der Waals surface area contributed by atoms with E-state index in [4.69, 9.17) is 14.4 Å². The normalized spacial score (nSPS) is 10.6. The summed E-state index contributed by atoms with van der Waals surface area (Å²) in [6, 6.07) is 17.1. The number of aryl methyl sites for hydroxylation is 1. The van der Waals surface area contributed by atoms with E-state index in [0.29, 0.717) is 30.3 Å². The minimum atomic E-state index is 0.115. The molecule has 0 aliphatic carbocycles. The number of hydrogen-bond acceptors (Lipinski definition) is 5. The Balaban J connectivity index is 1.77. The molecule has 5 nitrogen and oxygen atoms in total. The average Bonchev–Trinajstić information content (AvgIpc) is 3.03. The molecule has 1 heterocycles. The average molecular weight is 296 g/mol. The van der Waals surface area contributed by atoms with Gasteiger partial charge in [-0.15, -0.1) is 0 Å². The second-order valence-corrected chi connectivity index (χ2v) is 4.79. The van der Waals surface area contributed by atoms with Crippen LogP contribution in [0.5, 0.6) is 11.5 Å². The van der Waals surface area contributed by atoms with E-state index in [-0.39, 0.29) is 6.61 Å². The highest BCUT2D eigenvalue weighted by molar-refractivity contribution is 5.56. The second kappa shape index (κ2) is 6.87. The van der Waals surface area contributed by atoms with Crippen molar-refractivity contribution < 1.29 is 14.4 Å². The predicted molar refractivity (Wildman–Crippen MR) is 81.7 cm³/mol. The van der Waals surface area contributed by atoms with Gasteiger partial charge in [-0.3, -0.25) is 0 Å². The van der Waals surface area contributed by atoms with Gasteiger partial charge in [0.2, 0.25) is 0 Å². The van der Waals surface area contributed by atoms with Gasteiger partial charge in [0.15, 0.2) is 5.82 Å². The minimum Gasteiger partial charge on any atom is -0.457 e. The highest BCUT2D eigenvalue weighted by Gasteiger charge is 2.09. The van der Waals surface area contributed by atoms with Crippen LogP contribution in [0.2, 0.25) is 0 Å². The molecule has 0 unspecified atom stereocenters. The predicted octanol–water partition coefficient (Wildman–Crippen LogP) is 3.45. The zero-order valence-electron chi connectivity index (χ0n) is 12.0. The van der Waals surface area contributed by atoms with Crippen LogP contribution in [0, 0.1) is 0 Å². The second-order valence-electron chi connectivity index (χ2n) is 4.79. The van der Waals surface area contributed by atoms with Gasteiger partial charge < -0.3 is 14.4 Å². The first-order valence-electron chi connectivity index (χ1n) is 7.12. The highest BCUT2D eigenvalue weighted by Crippen LogP contribution is 2.26. The molecule has 0 aliphatic rings. The molecular formula is C17H16N2O3. The molecule has 5 heteroatoms. The molecule has 0 atom stereocenters. The Bertz CT molecular complexity index is 726. The largest absolute Gasteiger partial charge is 0.457 e. The Morgan fingerprint density at radius 1 is 1.00 bits per heavy atom. The topological polar surface area (TPSA) is 68.4 Å². The van der Waals surface area contributed by atoms with Gasteiger partial charge in [-0.1, -0.05) is 29.4 Å². The molecular weight excluding hydrogens is 280 g/mol. The number of benzene rings is 2. The van der Waals surface area contributed by atoms with Gasteiger partial charge in [0.1, 0.15) is 11.5 Å². The molecule has 3 rings (SSSR count). The van der Waals surface area contributed by atoms with Crippen molar-refractivity contribution in [2.24, 2.45) is 0 Å². The van der Waals surface area contributed by atoms with Crippen molar-refractivity contribution in [3.8, 4) is 23.0 Å². The van der Waals surface area contributed by atoms with Crippen LogP contribution in [-0.4, -0.2) is 21.9 Å². The van der Waals surface area contributed by atoms with E-state index >= 15 is 0 Å². The first kappa shape index (κ1) is 14.3. The highest BCUT2D eigenvalue weighted by atomic mass is 16.5. The maximum atomic E-state index is 8.83. The SMILES string of the molecule is OCCCc1noc(-c2cccc(Oc3ccccc3)c2)n1. The van der Waals surface area contributed by atoms with Gasteiger partial charge >= 0.3 is 0 Å². The van der Waals surface area contributed by atoms with E-state index in [9.17, 15) is 0 Å². The van der Waals surface area contributed by atoms with Crippen LogP contribution < -0.4 is 4.74 Å². The van der Waals surface area contributed by atoms with Crippen LogP contribution in [0.3, 0.4) is 0 Å². The van der Waals surface area contributed by atoms with Gasteiger partial charge in [0.25, 0.3) is 5.89 Å². The third-order valence-electron chi connectivity index (χ3n) is 3.09. The van der Waals surface area contributed by atoms with Gasteiger partial charge in [-0.2, -0.15) is 4.98 Å². The summed E-state index contributed by atoms with van der Waals surface area (Å²) < 4.78 is 11.0. The quantitative estimate of drug-likeness (QED) is 0.754. The van der Waals surface area contributed by atoms with Crippen LogP contribution in [0.4, 0.5) is 0 Å². The number of ether oxygens (including phenoxy) is 1. The van der Waals surface area contributed by atoms with E-state index in [1.54, 1.807) is 0 Å². The van der Waals surface area contributed by atoms with Crippen LogP contribution in [-0.2, 0) is 6.42 Å². The maximum Gasteiger partial charge on any atom is 0.258 e. The molecule has 112 valence electrons. The third-order valence-corrected chi connectivity index (χ3v) is 3.09. The third kappa shape index (κ3) is 3.51.